The molecule has 0 aliphatic carbocycles. The lowest BCUT2D eigenvalue weighted by Gasteiger charge is -2.31. The molecule has 0 rings (SSSR count). The maximum atomic E-state index is 12.1. The Bertz CT molecular complexity index is 378. The van der Waals surface area contributed by atoms with Crippen LogP contribution in [0, 0.1) is 0 Å². The summed E-state index contributed by atoms with van der Waals surface area (Å²) in [6.45, 7) is 11.7. The van der Waals surface area contributed by atoms with Crippen LogP contribution in [0.15, 0.2) is 0 Å². The van der Waals surface area contributed by atoms with Crippen LogP contribution in [0.3, 0.4) is 0 Å². The molecule has 0 heterocycles. The van der Waals surface area contributed by atoms with Gasteiger partial charge in [0, 0.05) is 6.42 Å². The number of alkyl carbamates (subject to hydrolysis) is 1. The third-order valence-corrected chi connectivity index (χ3v) is 2.12. The summed E-state index contributed by atoms with van der Waals surface area (Å²) >= 11 is 0. The van der Waals surface area contributed by atoms with E-state index in [4.69, 9.17) is 9.47 Å². The van der Waals surface area contributed by atoms with E-state index in [9.17, 15) is 14.4 Å². The van der Waals surface area contributed by atoms with Crippen molar-refractivity contribution in [1.82, 2.24) is 5.32 Å². The standard InChI is InChI=1S/C14H25NO5/c1-12(2,3)19-10(17)14(7,8-9-16)15-11(18)20-13(4,5)6/h9H,8H2,1-7H3,(H,15,18)/t14-/m0/s1. The van der Waals surface area contributed by atoms with Crippen molar-refractivity contribution < 1.29 is 23.9 Å². The monoisotopic (exact) mass is 287 g/mol. The summed E-state index contributed by atoms with van der Waals surface area (Å²) in [5.41, 5.74) is -2.85. The number of nitrogens with one attached hydrogen (secondary N) is 1. The minimum absolute atomic E-state index is 0.193. The van der Waals surface area contributed by atoms with Crippen LogP contribution in [-0.4, -0.2) is 35.1 Å². The molecule has 0 aliphatic rings. The van der Waals surface area contributed by atoms with Gasteiger partial charge < -0.3 is 19.6 Å². The maximum absolute atomic E-state index is 12.1. The quantitative estimate of drug-likeness (QED) is 0.633. The molecule has 6 heteroatoms. The molecule has 0 aliphatic heterocycles. The van der Waals surface area contributed by atoms with Crippen LogP contribution in [0.5, 0.6) is 0 Å². The molecule has 1 N–H and O–H groups in total. The zero-order chi connectivity index (χ0) is 16.2. The first kappa shape index (κ1) is 18.4. The smallest absolute Gasteiger partial charge is 0.408 e. The van der Waals surface area contributed by atoms with Crippen molar-refractivity contribution in [2.45, 2.75) is 71.6 Å². The van der Waals surface area contributed by atoms with Crippen LogP contribution in [0.1, 0.15) is 54.9 Å². The molecule has 0 bridgehead atoms. The number of hydrogen-bond acceptors (Lipinski definition) is 5. The van der Waals surface area contributed by atoms with E-state index in [1.165, 1.54) is 6.92 Å². The molecule has 0 aromatic heterocycles. The lowest BCUT2D eigenvalue weighted by molar-refractivity contribution is -0.163. The van der Waals surface area contributed by atoms with Crippen LogP contribution in [0.4, 0.5) is 4.79 Å². The fraction of sp³-hybridized carbons (Fsp3) is 0.786. The minimum Gasteiger partial charge on any atom is -0.458 e. The Hall–Kier alpha value is -1.59. The number of carbonyl (C=O) groups excluding carboxylic acids is 3. The molecule has 0 unspecified atom stereocenters. The molecule has 116 valence electrons. The molecule has 0 radical (unpaired) electrons. The van der Waals surface area contributed by atoms with E-state index in [1.807, 2.05) is 0 Å². The first-order valence-corrected chi connectivity index (χ1v) is 6.47. The predicted molar refractivity (Wildman–Crippen MR) is 74.3 cm³/mol. The summed E-state index contributed by atoms with van der Waals surface area (Å²) in [5, 5.41) is 2.41. The van der Waals surface area contributed by atoms with E-state index >= 15 is 0 Å². The molecular weight excluding hydrogens is 262 g/mol. The number of rotatable bonds is 4. The molecule has 0 fully saturated rings. The van der Waals surface area contributed by atoms with E-state index in [1.54, 1.807) is 41.5 Å². The van der Waals surface area contributed by atoms with Gasteiger partial charge in [-0.1, -0.05) is 0 Å². The van der Waals surface area contributed by atoms with Crippen molar-refractivity contribution in [3.63, 3.8) is 0 Å². The van der Waals surface area contributed by atoms with Gasteiger partial charge in [0.25, 0.3) is 0 Å². The zero-order valence-electron chi connectivity index (χ0n) is 13.3. The van der Waals surface area contributed by atoms with E-state index < -0.39 is 28.8 Å². The highest BCUT2D eigenvalue weighted by Crippen LogP contribution is 2.18. The number of ether oxygens (including phenoxy) is 2. The van der Waals surface area contributed by atoms with Gasteiger partial charge in [0.2, 0.25) is 0 Å². The van der Waals surface area contributed by atoms with Crippen LogP contribution in [-0.2, 0) is 19.1 Å². The number of esters is 1. The second-order valence-electron chi connectivity index (χ2n) is 6.83. The second kappa shape index (κ2) is 6.24. The summed E-state index contributed by atoms with van der Waals surface area (Å²) in [4.78, 5) is 34.6. The fourth-order valence-electron chi connectivity index (χ4n) is 1.27. The first-order valence-electron chi connectivity index (χ1n) is 6.47. The summed E-state index contributed by atoms with van der Waals surface area (Å²) in [7, 11) is 0. The first-order chi connectivity index (χ1) is 8.79. The van der Waals surface area contributed by atoms with Gasteiger partial charge in [0.15, 0.2) is 0 Å². The Morgan fingerprint density at radius 1 is 0.950 bits per heavy atom. The molecule has 0 aromatic carbocycles. The summed E-state index contributed by atoms with van der Waals surface area (Å²) in [6.07, 6.45) is -0.407. The molecule has 1 amide bonds. The van der Waals surface area contributed by atoms with Gasteiger partial charge in [-0.15, -0.1) is 0 Å². The predicted octanol–water partition coefficient (Wildman–Crippen LogP) is 2.20. The second-order valence-corrected chi connectivity index (χ2v) is 6.83. The summed E-state index contributed by atoms with van der Waals surface area (Å²) in [6, 6.07) is 0. The summed E-state index contributed by atoms with van der Waals surface area (Å²) < 4.78 is 10.3. The summed E-state index contributed by atoms with van der Waals surface area (Å²) in [5.74, 6) is -0.678. The largest absolute Gasteiger partial charge is 0.458 e. The van der Waals surface area contributed by atoms with Crippen molar-refractivity contribution in [3.8, 4) is 0 Å². The van der Waals surface area contributed by atoms with Crippen molar-refractivity contribution in [2.75, 3.05) is 0 Å². The Balaban J connectivity index is 4.97. The molecule has 20 heavy (non-hydrogen) atoms. The van der Waals surface area contributed by atoms with Gasteiger partial charge >= 0.3 is 12.1 Å². The number of hydrogen-bond donors (Lipinski definition) is 1. The molecule has 0 spiro atoms. The van der Waals surface area contributed by atoms with Crippen LogP contribution in [0.2, 0.25) is 0 Å². The highest BCUT2D eigenvalue weighted by molar-refractivity contribution is 5.88. The van der Waals surface area contributed by atoms with Gasteiger partial charge in [-0.2, -0.15) is 0 Å². The molecule has 6 nitrogen and oxygen atoms in total. The van der Waals surface area contributed by atoms with Crippen LogP contribution in [0.25, 0.3) is 0 Å². The highest BCUT2D eigenvalue weighted by atomic mass is 16.6. The van der Waals surface area contributed by atoms with Gasteiger partial charge in [-0.3, -0.25) is 0 Å². The minimum atomic E-state index is -1.45. The average Bonchev–Trinajstić information content (AvgIpc) is 2.10. The van der Waals surface area contributed by atoms with Gasteiger partial charge in [0.05, 0.1) is 0 Å². The van der Waals surface area contributed by atoms with Crippen molar-refractivity contribution in [1.29, 1.82) is 0 Å². The maximum Gasteiger partial charge on any atom is 0.408 e. The number of aldehydes is 1. The van der Waals surface area contributed by atoms with Gasteiger partial charge in [0.1, 0.15) is 23.0 Å². The molecular formula is C14H25NO5. The van der Waals surface area contributed by atoms with Crippen molar-refractivity contribution in [3.05, 3.63) is 0 Å². The zero-order valence-corrected chi connectivity index (χ0v) is 13.3. The Morgan fingerprint density at radius 2 is 1.40 bits per heavy atom. The molecule has 0 aromatic rings. The van der Waals surface area contributed by atoms with Crippen molar-refractivity contribution >= 4 is 18.3 Å². The topological polar surface area (TPSA) is 81.7 Å². The van der Waals surface area contributed by atoms with E-state index in [2.05, 4.69) is 5.32 Å². The third-order valence-electron chi connectivity index (χ3n) is 2.12. The Labute approximate surface area is 120 Å². The van der Waals surface area contributed by atoms with Crippen molar-refractivity contribution in [2.24, 2.45) is 0 Å². The number of carbonyl (C=O) groups is 3. The lowest BCUT2D eigenvalue weighted by Crippen LogP contribution is -2.55. The number of amides is 1. The third kappa shape index (κ3) is 7.11. The molecule has 0 saturated heterocycles. The van der Waals surface area contributed by atoms with Gasteiger partial charge in [-0.25, -0.2) is 9.59 Å². The lowest BCUT2D eigenvalue weighted by atomic mass is 9.98. The average molecular weight is 287 g/mol. The van der Waals surface area contributed by atoms with E-state index in [-0.39, 0.29) is 6.42 Å². The van der Waals surface area contributed by atoms with Gasteiger partial charge in [-0.05, 0) is 48.5 Å². The SMILES string of the molecule is CC(C)(C)OC(=O)N[C@@](C)(CC=O)C(=O)OC(C)(C)C. The normalized spacial score (nSPS) is 14.9. The fourth-order valence-corrected chi connectivity index (χ4v) is 1.27. The Kier molecular flexibility index (Phi) is 5.74. The molecule has 1 atom stereocenters. The Morgan fingerprint density at radius 3 is 1.75 bits per heavy atom. The van der Waals surface area contributed by atoms with E-state index in [0.717, 1.165) is 0 Å². The van der Waals surface area contributed by atoms with E-state index in [0.29, 0.717) is 6.29 Å². The van der Waals surface area contributed by atoms with Crippen LogP contribution >= 0.6 is 0 Å². The molecule has 0 saturated carbocycles. The highest BCUT2D eigenvalue weighted by Gasteiger charge is 2.39. The van der Waals surface area contributed by atoms with Crippen LogP contribution < -0.4 is 5.32 Å².